The molecule has 1 heterocycles. The fourth-order valence-corrected chi connectivity index (χ4v) is 3.11. The number of nitrogens with one attached hydrogen (secondary N) is 1. The Bertz CT molecular complexity index is 592. The van der Waals surface area contributed by atoms with Gasteiger partial charge in [0, 0.05) is 31.6 Å². The van der Waals surface area contributed by atoms with E-state index in [1.54, 1.807) is 0 Å². The highest BCUT2D eigenvalue weighted by atomic mass is 19.1. The number of hydrogen-bond acceptors (Lipinski definition) is 2. The number of likely N-dealkylation sites (tertiary alicyclic amines) is 1. The molecule has 0 aromatic heterocycles. The summed E-state index contributed by atoms with van der Waals surface area (Å²) >= 11 is 0. The molecule has 2 amide bonds. The SMILES string of the molecule is CCC1CCCCN1C(=O)CCCNC(=O)c1ccc(F)cc1F. The van der Waals surface area contributed by atoms with Crippen molar-refractivity contribution in [3.8, 4) is 0 Å². The Hall–Kier alpha value is -1.98. The molecule has 24 heavy (non-hydrogen) atoms. The molecule has 0 bridgehead atoms. The van der Waals surface area contributed by atoms with Crippen molar-refractivity contribution in [2.45, 2.75) is 51.5 Å². The molecular weight excluding hydrogens is 314 g/mol. The highest BCUT2D eigenvalue weighted by Gasteiger charge is 2.24. The fraction of sp³-hybridized carbons (Fsp3) is 0.556. The minimum Gasteiger partial charge on any atom is -0.352 e. The molecule has 0 aliphatic carbocycles. The van der Waals surface area contributed by atoms with Crippen molar-refractivity contribution in [1.29, 1.82) is 0 Å². The molecule has 1 aromatic rings. The maximum Gasteiger partial charge on any atom is 0.254 e. The number of piperidine rings is 1. The summed E-state index contributed by atoms with van der Waals surface area (Å²) in [6.45, 7) is 3.18. The van der Waals surface area contributed by atoms with Crippen molar-refractivity contribution in [1.82, 2.24) is 10.2 Å². The molecule has 0 spiro atoms. The lowest BCUT2D eigenvalue weighted by atomic mass is 9.99. The molecule has 6 heteroatoms. The molecule has 1 atom stereocenters. The topological polar surface area (TPSA) is 49.4 Å². The zero-order valence-electron chi connectivity index (χ0n) is 14.0. The highest BCUT2D eigenvalue weighted by molar-refractivity contribution is 5.94. The van der Waals surface area contributed by atoms with E-state index in [0.717, 1.165) is 37.9 Å². The van der Waals surface area contributed by atoms with Crippen molar-refractivity contribution in [3.63, 3.8) is 0 Å². The smallest absolute Gasteiger partial charge is 0.254 e. The Kier molecular flexibility index (Phi) is 6.70. The molecule has 1 unspecified atom stereocenters. The first-order valence-corrected chi connectivity index (χ1v) is 8.55. The summed E-state index contributed by atoms with van der Waals surface area (Å²) in [5.74, 6) is -2.09. The van der Waals surface area contributed by atoms with E-state index in [1.165, 1.54) is 6.42 Å². The van der Waals surface area contributed by atoms with Gasteiger partial charge in [0.15, 0.2) is 0 Å². The Morgan fingerprint density at radius 1 is 1.29 bits per heavy atom. The van der Waals surface area contributed by atoms with Crippen LogP contribution in [0.25, 0.3) is 0 Å². The average molecular weight is 338 g/mol. The van der Waals surface area contributed by atoms with Crippen LogP contribution in [0.1, 0.15) is 55.8 Å². The summed E-state index contributed by atoms with van der Waals surface area (Å²) in [7, 11) is 0. The summed E-state index contributed by atoms with van der Waals surface area (Å²) in [5, 5.41) is 2.57. The quantitative estimate of drug-likeness (QED) is 0.810. The largest absolute Gasteiger partial charge is 0.352 e. The first-order chi connectivity index (χ1) is 11.5. The van der Waals surface area contributed by atoms with Crippen molar-refractivity contribution < 1.29 is 18.4 Å². The predicted octanol–water partition coefficient (Wildman–Crippen LogP) is 3.27. The second kappa shape index (κ2) is 8.76. The van der Waals surface area contributed by atoms with Gasteiger partial charge in [-0.25, -0.2) is 8.78 Å². The van der Waals surface area contributed by atoms with Crippen LogP contribution in [0.15, 0.2) is 18.2 Å². The van der Waals surface area contributed by atoms with Gasteiger partial charge in [-0.15, -0.1) is 0 Å². The number of amides is 2. The fourth-order valence-electron chi connectivity index (χ4n) is 3.11. The van der Waals surface area contributed by atoms with Crippen LogP contribution in [0.5, 0.6) is 0 Å². The van der Waals surface area contributed by atoms with Gasteiger partial charge in [0.1, 0.15) is 11.6 Å². The minimum absolute atomic E-state index is 0.115. The van der Waals surface area contributed by atoms with E-state index >= 15 is 0 Å². The number of carbonyl (C=O) groups is 2. The minimum atomic E-state index is -0.886. The molecule has 1 aliphatic heterocycles. The maximum absolute atomic E-state index is 13.5. The van der Waals surface area contributed by atoms with Gasteiger partial charge in [0.2, 0.25) is 5.91 Å². The summed E-state index contributed by atoms with van der Waals surface area (Å²) in [5.41, 5.74) is -0.190. The van der Waals surface area contributed by atoms with Gasteiger partial charge in [-0.1, -0.05) is 6.92 Å². The van der Waals surface area contributed by atoms with Crippen molar-refractivity contribution in [2.75, 3.05) is 13.1 Å². The molecule has 0 saturated carbocycles. The van der Waals surface area contributed by atoms with Crippen LogP contribution in [0.4, 0.5) is 8.78 Å². The molecule has 4 nitrogen and oxygen atoms in total. The van der Waals surface area contributed by atoms with Gasteiger partial charge in [0.05, 0.1) is 5.56 Å². The monoisotopic (exact) mass is 338 g/mol. The van der Waals surface area contributed by atoms with E-state index in [-0.39, 0.29) is 18.0 Å². The Morgan fingerprint density at radius 2 is 2.08 bits per heavy atom. The van der Waals surface area contributed by atoms with E-state index < -0.39 is 17.5 Å². The van der Waals surface area contributed by atoms with E-state index in [9.17, 15) is 18.4 Å². The molecule has 1 N–H and O–H groups in total. The van der Waals surface area contributed by atoms with Crippen LogP contribution >= 0.6 is 0 Å². The number of benzene rings is 1. The Labute approximate surface area is 141 Å². The Balaban J connectivity index is 1.75. The van der Waals surface area contributed by atoms with E-state index in [0.29, 0.717) is 24.9 Å². The summed E-state index contributed by atoms with van der Waals surface area (Å²) in [6, 6.07) is 3.17. The summed E-state index contributed by atoms with van der Waals surface area (Å²) in [4.78, 5) is 26.1. The van der Waals surface area contributed by atoms with Crippen LogP contribution in [-0.2, 0) is 4.79 Å². The second-order valence-electron chi connectivity index (χ2n) is 6.13. The first kappa shape index (κ1) is 18.4. The van der Waals surface area contributed by atoms with Crippen molar-refractivity contribution in [2.24, 2.45) is 0 Å². The number of rotatable bonds is 6. The lowest BCUT2D eigenvalue weighted by molar-refractivity contribution is -0.135. The molecule has 1 fully saturated rings. The van der Waals surface area contributed by atoms with Gasteiger partial charge in [-0.3, -0.25) is 9.59 Å². The molecular formula is C18H24F2N2O2. The van der Waals surface area contributed by atoms with Crippen molar-refractivity contribution in [3.05, 3.63) is 35.4 Å². The van der Waals surface area contributed by atoms with Gasteiger partial charge in [-0.05, 0) is 44.2 Å². The molecule has 1 aromatic carbocycles. The molecule has 2 rings (SSSR count). The van der Waals surface area contributed by atoms with E-state index in [4.69, 9.17) is 0 Å². The van der Waals surface area contributed by atoms with Crippen LogP contribution < -0.4 is 5.32 Å². The lowest BCUT2D eigenvalue weighted by Gasteiger charge is -2.35. The molecule has 1 saturated heterocycles. The van der Waals surface area contributed by atoms with Crippen LogP contribution in [0.2, 0.25) is 0 Å². The molecule has 0 radical (unpaired) electrons. The predicted molar refractivity (Wildman–Crippen MR) is 87.6 cm³/mol. The van der Waals surface area contributed by atoms with Crippen molar-refractivity contribution >= 4 is 11.8 Å². The van der Waals surface area contributed by atoms with Gasteiger partial charge in [-0.2, -0.15) is 0 Å². The zero-order chi connectivity index (χ0) is 17.5. The molecule has 1 aliphatic rings. The lowest BCUT2D eigenvalue weighted by Crippen LogP contribution is -2.43. The number of halogens is 2. The van der Waals surface area contributed by atoms with Gasteiger partial charge in [0.25, 0.3) is 5.91 Å². The number of nitrogens with zero attached hydrogens (tertiary/aromatic N) is 1. The van der Waals surface area contributed by atoms with Gasteiger partial charge >= 0.3 is 0 Å². The number of hydrogen-bond donors (Lipinski definition) is 1. The standard InChI is InChI=1S/C18H24F2N2O2/c1-2-14-6-3-4-11-22(14)17(23)7-5-10-21-18(24)15-9-8-13(19)12-16(15)20/h8-9,12,14H,2-7,10-11H2,1H3,(H,21,24). The van der Waals surface area contributed by atoms with E-state index in [1.807, 2.05) is 4.90 Å². The van der Waals surface area contributed by atoms with Crippen LogP contribution in [0, 0.1) is 11.6 Å². The Morgan fingerprint density at radius 3 is 2.79 bits per heavy atom. The zero-order valence-corrected chi connectivity index (χ0v) is 14.0. The third-order valence-electron chi connectivity index (χ3n) is 4.45. The highest BCUT2D eigenvalue weighted by Crippen LogP contribution is 2.20. The third-order valence-corrected chi connectivity index (χ3v) is 4.45. The first-order valence-electron chi connectivity index (χ1n) is 8.55. The maximum atomic E-state index is 13.5. The average Bonchev–Trinajstić information content (AvgIpc) is 2.58. The number of carbonyl (C=O) groups excluding carboxylic acids is 2. The normalized spacial score (nSPS) is 17.6. The van der Waals surface area contributed by atoms with E-state index in [2.05, 4.69) is 12.2 Å². The molecule has 132 valence electrons. The van der Waals surface area contributed by atoms with Gasteiger partial charge < -0.3 is 10.2 Å². The second-order valence-corrected chi connectivity index (χ2v) is 6.13. The third kappa shape index (κ3) is 4.76. The van der Waals surface area contributed by atoms with Crippen LogP contribution in [-0.4, -0.2) is 35.8 Å². The van der Waals surface area contributed by atoms with Crippen LogP contribution in [0.3, 0.4) is 0 Å². The summed E-state index contributed by atoms with van der Waals surface area (Å²) in [6.07, 6.45) is 5.10. The summed E-state index contributed by atoms with van der Waals surface area (Å²) < 4.78 is 26.3.